The van der Waals surface area contributed by atoms with E-state index in [2.05, 4.69) is 5.32 Å². The van der Waals surface area contributed by atoms with Crippen molar-refractivity contribution >= 4 is 32.9 Å². The summed E-state index contributed by atoms with van der Waals surface area (Å²) in [6, 6.07) is 16.5. The maximum absolute atomic E-state index is 12.1. The third-order valence-electron chi connectivity index (χ3n) is 4.10. The average Bonchev–Trinajstić information content (AvgIpc) is 2.95. The number of amides is 1. The molecule has 2 aromatic carbocycles. The molecule has 1 N–H and O–H groups in total. The fraction of sp³-hybridized carbons (Fsp3) is 0.211. The molecule has 1 aliphatic rings. The molecular formula is C19H20N2O3S. The number of benzene rings is 2. The highest BCUT2D eigenvalue weighted by atomic mass is 32.2. The second kappa shape index (κ2) is 7.11. The van der Waals surface area contributed by atoms with E-state index in [9.17, 15) is 13.2 Å². The Bertz CT molecular complexity index is 888. The molecule has 6 heteroatoms. The number of carbonyl (C=O) groups excluding carboxylic acids is 1. The predicted octanol–water partition coefficient (Wildman–Crippen LogP) is 3.27. The number of rotatable bonds is 4. The number of hydrogen-bond acceptors (Lipinski definition) is 3. The van der Waals surface area contributed by atoms with Gasteiger partial charge in [0.25, 0.3) is 0 Å². The van der Waals surface area contributed by atoms with Crippen LogP contribution in [0.1, 0.15) is 18.9 Å². The van der Waals surface area contributed by atoms with Gasteiger partial charge in [-0.15, -0.1) is 0 Å². The van der Waals surface area contributed by atoms with E-state index in [0.717, 1.165) is 11.1 Å². The van der Waals surface area contributed by atoms with Crippen LogP contribution in [0.5, 0.6) is 0 Å². The van der Waals surface area contributed by atoms with Crippen molar-refractivity contribution in [1.82, 2.24) is 0 Å². The van der Waals surface area contributed by atoms with Crippen molar-refractivity contribution in [1.29, 1.82) is 0 Å². The normalized spacial score (nSPS) is 16.7. The van der Waals surface area contributed by atoms with E-state index in [1.54, 1.807) is 30.3 Å². The predicted molar refractivity (Wildman–Crippen MR) is 101 cm³/mol. The number of nitrogens with zero attached hydrogens (tertiary/aromatic N) is 1. The largest absolute Gasteiger partial charge is 0.323 e. The number of sulfonamides is 1. The molecule has 130 valence electrons. The molecule has 0 spiro atoms. The molecule has 2 aromatic rings. The lowest BCUT2D eigenvalue weighted by Crippen LogP contribution is -2.24. The van der Waals surface area contributed by atoms with Crippen LogP contribution in [0.3, 0.4) is 0 Å². The molecule has 0 radical (unpaired) electrons. The van der Waals surface area contributed by atoms with E-state index in [1.165, 1.54) is 4.31 Å². The standard InChI is InChI=1S/C19H20N2O3S/c1-15(16-6-3-2-4-7-16)14-19(22)20-17-8-10-18(11-9-17)21-12-5-13-25(21,23)24/h2-4,6-11,14H,5,12-13H2,1H3,(H,20,22)/b15-14+. The minimum absolute atomic E-state index is 0.190. The number of carbonyl (C=O) groups is 1. The minimum Gasteiger partial charge on any atom is -0.323 e. The Morgan fingerprint density at radius 1 is 1.08 bits per heavy atom. The molecule has 0 aliphatic carbocycles. The number of allylic oxidation sites excluding steroid dienone is 1. The molecule has 25 heavy (non-hydrogen) atoms. The van der Waals surface area contributed by atoms with Crippen LogP contribution in [0.2, 0.25) is 0 Å². The molecule has 0 unspecified atom stereocenters. The van der Waals surface area contributed by atoms with Crippen molar-refractivity contribution in [3.05, 3.63) is 66.2 Å². The van der Waals surface area contributed by atoms with Crippen molar-refractivity contribution in [3.8, 4) is 0 Å². The van der Waals surface area contributed by atoms with Crippen LogP contribution in [0.25, 0.3) is 5.57 Å². The second-order valence-electron chi connectivity index (χ2n) is 5.97. The Balaban J connectivity index is 1.68. The fourth-order valence-corrected chi connectivity index (χ4v) is 4.36. The lowest BCUT2D eigenvalue weighted by molar-refractivity contribution is -0.111. The van der Waals surface area contributed by atoms with Crippen molar-refractivity contribution in [2.45, 2.75) is 13.3 Å². The lowest BCUT2D eigenvalue weighted by atomic mass is 10.1. The molecular weight excluding hydrogens is 336 g/mol. The van der Waals surface area contributed by atoms with E-state index in [0.29, 0.717) is 24.3 Å². The molecule has 0 saturated carbocycles. The highest BCUT2D eigenvalue weighted by molar-refractivity contribution is 7.93. The summed E-state index contributed by atoms with van der Waals surface area (Å²) in [5.74, 6) is -0.0300. The molecule has 1 fully saturated rings. The van der Waals surface area contributed by atoms with E-state index >= 15 is 0 Å². The summed E-state index contributed by atoms with van der Waals surface area (Å²) in [4.78, 5) is 12.1. The van der Waals surface area contributed by atoms with Gasteiger partial charge in [-0.2, -0.15) is 0 Å². The number of hydrogen-bond donors (Lipinski definition) is 1. The third-order valence-corrected chi connectivity index (χ3v) is 5.97. The van der Waals surface area contributed by atoms with Crippen LogP contribution in [-0.2, 0) is 14.8 Å². The van der Waals surface area contributed by atoms with Gasteiger partial charge in [0.15, 0.2) is 0 Å². The fourth-order valence-electron chi connectivity index (χ4n) is 2.80. The zero-order valence-corrected chi connectivity index (χ0v) is 14.8. The van der Waals surface area contributed by atoms with Crippen LogP contribution in [-0.4, -0.2) is 26.6 Å². The molecule has 5 nitrogen and oxygen atoms in total. The molecule has 1 amide bonds. The Kier molecular flexibility index (Phi) is 4.90. The summed E-state index contributed by atoms with van der Waals surface area (Å²) in [5.41, 5.74) is 3.12. The van der Waals surface area contributed by atoms with Gasteiger partial charge in [0.05, 0.1) is 11.4 Å². The Morgan fingerprint density at radius 3 is 2.36 bits per heavy atom. The quantitative estimate of drug-likeness (QED) is 0.855. The van der Waals surface area contributed by atoms with E-state index < -0.39 is 10.0 Å². The first kappa shape index (κ1) is 17.2. The summed E-state index contributed by atoms with van der Waals surface area (Å²) in [7, 11) is -3.19. The number of anilines is 2. The van der Waals surface area contributed by atoms with Crippen LogP contribution < -0.4 is 9.62 Å². The van der Waals surface area contributed by atoms with Gasteiger partial charge in [0.2, 0.25) is 15.9 Å². The average molecular weight is 356 g/mol. The summed E-state index contributed by atoms with van der Waals surface area (Å²) in [6.45, 7) is 2.39. The highest BCUT2D eigenvalue weighted by Crippen LogP contribution is 2.25. The van der Waals surface area contributed by atoms with E-state index in [-0.39, 0.29) is 11.7 Å². The molecule has 0 aromatic heterocycles. The minimum atomic E-state index is -3.19. The monoisotopic (exact) mass is 356 g/mol. The van der Waals surface area contributed by atoms with Crippen molar-refractivity contribution in [3.63, 3.8) is 0 Å². The smallest absolute Gasteiger partial charge is 0.248 e. The van der Waals surface area contributed by atoms with E-state index in [4.69, 9.17) is 0 Å². The van der Waals surface area contributed by atoms with Crippen LogP contribution in [0.15, 0.2) is 60.7 Å². The summed E-state index contributed by atoms with van der Waals surface area (Å²) in [5, 5.41) is 2.80. The molecule has 1 heterocycles. The zero-order valence-electron chi connectivity index (χ0n) is 14.0. The van der Waals surface area contributed by atoms with Crippen molar-refractivity contribution < 1.29 is 13.2 Å². The molecule has 0 bridgehead atoms. The van der Waals surface area contributed by atoms with Gasteiger partial charge in [0, 0.05) is 18.3 Å². The van der Waals surface area contributed by atoms with Crippen LogP contribution in [0, 0.1) is 0 Å². The first-order valence-electron chi connectivity index (χ1n) is 8.11. The molecule has 0 atom stereocenters. The maximum Gasteiger partial charge on any atom is 0.248 e. The Morgan fingerprint density at radius 2 is 1.76 bits per heavy atom. The third kappa shape index (κ3) is 4.09. The molecule has 1 aliphatic heterocycles. The SMILES string of the molecule is C/C(=C\C(=O)Nc1ccc(N2CCCS2(=O)=O)cc1)c1ccccc1. The summed E-state index contributed by atoms with van der Waals surface area (Å²) in [6.07, 6.45) is 2.19. The molecule has 3 rings (SSSR count). The topological polar surface area (TPSA) is 66.5 Å². The van der Waals surface area contributed by atoms with Gasteiger partial charge >= 0.3 is 0 Å². The van der Waals surface area contributed by atoms with Crippen LogP contribution >= 0.6 is 0 Å². The molecule has 1 saturated heterocycles. The number of nitrogens with one attached hydrogen (secondary N) is 1. The Hall–Kier alpha value is -2.60. The second-order valence-corrected chi connectivity index (χ2v) is 7.98. The Labute approximate surface area is 148 Å². The van der Waals surface area contributed by atoms with Gasteiger partial charge in [-0.25, -0.2) is 8.42 Å². The first-order chi connectivity index (χ1) is 12.0. The van der Waals surface area contributed by atoms with Gasteiger partial charge < -0.3 is 5.32 Å². The van der Waals surface area contributed by atoms with Crippen molar-refractivity contribution in [2.24, 2.45) is 0 Å². The maximum atomic E-state index is 12.1. The highest BCUT2D eigenvalue weighted by Gasteiger charge is 2.28. The van der Waals surface area contributed by atoms with Gasteiger partial charge in [0.1, 0.15) is 0 Å². The zero-order chi connectivity index (χ0) is 17.9. The first-order valence-corrected chi connectivity index (χ1v) is 9.72. The lowest BCUT2D eigenvalue weighted by Gasteiger charge is -2.17. The van der Waals surface area contributed by atoms with E-state index in [1.807, 2.05) is 37.3 Å². The van der Waals surface area contributed by atoms with Crippen molar-refractivity contribution in [2.75, 3.05) is 21.9 Å². The van der Waals surface area contributed by atoms with Gasteiger partial charge in [-0.05, 0) is 48.7 Å². The van der Waals surface area contributed by atoms with Crippen LogP contribution in [0.4, 0.5) is 11.4 Å². The summed E-state index contributed by atoms with van der Waals surface area (Å²) < 4.78 is 25.3. The van der Waals surface area contributed by atoms with Gasteiger partial charge in [-0.3, -0.25) is 9.10 Å². The van der Waals surface area contributed by atoms with Gasteiger partial charge in [-0.1, -0.05) is 30.3 Å². The summed E-state index contributed by atoms with van der Waals surface area (Å²) >= 11 is 0.